The first kappa shape index (κ1) is 14.9. The summed E-state index contributed by atoms with van der Waals surface area (Å²) in [4.78, 5) is 18.0. The summed E-state index contributed by atoms with van der Waals surface area (Å²) in [7, 11) is 1.72. The number of carbonyl (C=O) groups is 1. The van der Waals surface area contributed by atoms with E-state index in [1.54, 1.807) is 30.3 Å². The van der Waals surface area contributed by atoms with Crippen molar-refractivity contribution in [2.24, 2.45) is 0 Å². The van der Waals surface area contributed by atoms with Gasteiger partial charge in [-0.05, 0) is 30.7 Å². The maximum Gasteiger partial charge on any atom is 0.274 e. The lowest BCUT2D eigenvalue weighted by Gasteiger charge is -2.15. The first-order valence-corrected chi connectivity index (χ1v) is 6.93. The average Bonchev–Trinajstić information content (AvgIpc) is 2.53. The van der Waals surface area contributed by atoms with E-state index in [1.165, 1.54) is 0 Å². The van der Waals surface area contributed by atoms with Crippen molar-refractivity contribution < 1.29 is 4.79 Å². The first-order chi connectivity index (χ1) is 10.2. The van der Waals surface area contributed by atoms with Gasteiger partial charge in [-0.25, -0.2) is 0 Å². The zero-order valence-electron chi connectivity index (χ0n) is 12.3. The molecule has 1 N–H and O–H groups in total. The van der Waals surface area contributed by atoms with E-state index in [0.717, 1.165) is 18.7 Å². The molecular formula is C15H19N5O. The lowest BCUT2D eigenvalue weighted by molar-refractivity contribution is 0.0776. The topological polar surface area (TPSA) is 71.0 Å². The Kier molecular flexibility index (Phi) is 5.20. The molecule has 0 bridgehead atoms. The molecule has 0 spiro atoms. The SMILES string of the molecule is CCCNc1ccc(C(=O)N(C)Cc2ccccn2)nn1. The summed E-state index contributed by atoms with van der Waals surface area (Å²) in [5, 5.41) is 11.1. The summed E-state index contributed by atoms with van der Waals surface area (Å²) in [5.41, 5.74) is 1.16. The molecule has 110 valence electrons. The summed E-state index contributed by atoms with van der Waals surface area (Å²) < 4.78 is 0. The molecule has 1 amide bonds. The Morgan fingerprint density at radius 1 is 1.24 bits per heavy atom. The summed E-state index contributed by atoms with van der Waals surface area (Å²) in [6.45, 7) is 3.35. The first-order valence-electron chi connectivity index (χ1n) is 6.93. The molecule has 0 aliphatic rings. The minimum Gasteiger partial charge on any atom is -0.369 e. The van der Waals surface area contributed by atoms with Crippen molar-refractivity contribution >= 4 is 11.7 Å². The van der Waals surface area contributed by atoms with E-state index in [-0.39, 0.29) is 5.91 Å². The zero-order valence-corrected chi connectivity index (χ0v) is 12.3. The Bertz CT molecular complexity index is 570. The normalized spacial score (nSPS) is 10.2. The van der Waals surface area contributed by atoms with Crippen molar-refractivity contribution in [1.82, 2.24) is 20.1 Å². The number of pyridine rings is 1. The zero-order chi connectivity index (χ0) is 15.1. The van der Waals surface area contributed by atoms with Crippen LogP contribution < -0.4 is 5.32 Å². The quantitative estimate of drug-likeness (QED) is 0.878. The van der Waals surface area contributed by atoms with Crippen LogP contribution in [-0.2, 0) is 6.54 Å². The Balaban J connectivity index is 1.98. The second-order valence-corrected chi connectivity index (χ2v) is 4.71. The van der Waals surface area contributed by atoms with Crippen LogP contribution in [0.15, 0.2) is 36.5 Å². The fourth-order valence-electron chi connectivity index (χ4n) is 1.80. The Morgan fingerprint density at radius 3 is 2.71 bits per heavy atom. The van der Waals surface area contributed by atoms with Crippen LogP contribution in [0.3, 0.4) is 0 Å². The molecular weight excluding hydrogens is 266 g/mol. The van der Waals surface area contributed by atoms with Crippen molar-refractivity contribution in [2.75, 3.05) is 18.9 Å². The summed E-state index contributed by atoms with van der Waals surface area (Å²) in [6.07, 6.45) is 2.72. The largest absolute Gasteiger partial charge is 0.369 e. The van der Waals surface area contributed by atoms with E-state index >= 15 is 0 Å². The molecule has 2 aromatic heterocycles. The highest BCUT2D eigenvalue weighted by Crippen LogP contribution is 2.06. The molecule has 21 heavy (non-hydrogen) atoms. The fraction of sp³-hybridized carbons (Fsp3) is 0.333. The number of hydrogen-bond acceptors (Lipinski definition) is 5. The summed E-state index contributed by atoms with van der Waals surface area (Å²) in [5.74, 6) is 0.510. The Morgan fingerprint density at radius 2 is 2.10 bits per heavy atom. The van der Waals surface area contributed by atoms with Gasteiger partial charge in [0.25, 0.3) is 5.91 Å². The maximum absolute atomic E-state index is 12.2. The number of nitrogens with zero attached hydrogens (tertiary/aromatic N) is 4. The molecule has 0 radical (unpaired) electrons. The predicted octanol–water partition coefficient (Wildman–Crippen LogP) is 1.97. The van der Waals surface area contributed by atoms with Crippen molar-refractivity contribution in [1.29, 1.82) is 0 Å². The second kappa shape index (κ2) is 7.33. The molecule has 0 saturated carbocycles. The van der Waals surface area contributed by atoms with Gasteiger partial charge in [0.1, 0.15) is 5.82 Å². The number of carbonyl (C=O) groups excluding carboxylic acids is 1. The van der Waals surface area contributed by atoms with Gasteiger partial charge in [-0.15, -0.1) is 10.2 Å². The molecule has 0 aliphatic heterocycles. The van der Waals surface area contributed by atoms with Crippen LogP contribution in [0.1, 0.15) is 29.5 Å². The van der Waals surface area contributed by atoms with E-state index in [2.05, 4.69) is 27.4 Å². The van der Waals surface area contributed by atoms with E-state index < -0.39 is 0 Å². The van der Waals surface area contributed by atoms with Crippen molar-refractivity contribution in [3.05, 3.63) is 47.9 Å². The number of nitrogens with one attached hydrogen (secondary N) is 1. The van der Waals surface area contributed by atoms with Crippen molar-refractivity contribution in [2.45, 2.75) is 19.9 Å². The van der Waals surface area contributed by atoms with E-state index in [9.17, 15) is 4.79 Å². The third-order valence-corrected chi connectivity index (χ3v) is 2.91. The lowest BCUT2D eigenvalue weighted by Crippen LogP contribution is -2.27. The molecule has 6 heteroatoms. The minimum absolute atomic E-state index is 0.171. The molecule has 0 aliphatic carbocycles. The predicted molar refractivity (Wildman–Crippen MR) is 80.8 cm³/mol. The highest BCUT2D eigenvalue weighted by Gasteiger charge is 2.14. The Hall–Kier alpha value is -2.50. The average molecular weight is 285 g/mol. The van der Waals surface area contributed by atoms with Crippen LogP contribution >= 0.6 is 0 Å². The van der Waals surface area contributed by atoms with Crippen LogP contribution in [0.2, 0.25) is 0 Å². The summed E-state index contributed by atoms with van der Waals surface area (Å²) >= 11 is 0. The number of rotatable bonds is 6. The van der Waals surface area contributed by atoms with Crippen LogP contribution in [0.4, 0.5) is 5.82 Å². The van der Waals surface area contributed by atoms with E-state index in [0.29, 0.717) is 18.1 Å². The molecule has 0 saturated heterocycles. The second-order valence-electron chi connectivity index (χ2n) is 4.71. The monoisotopic (exact) mass is 285 g/mol. The van der Waals surface area contributed by atoms with Gasteiger partial charge >= 0.3 is 0 Å². The van der Waals surface area contributed by atoms with Crippen molar-refractivity contribution in [3.63, 3.8) is 0 Å². The van der Waals surface area contributed by atoms with Gasteiger partial charge in [0, 0.05) is 19.8 Å². The van der Waals surface area contributed by atoms with E-state index in [4.69, 9.17) is 0 Å². The highest BCUT2D eigenvalue weighted by atomic mass is 16.2. The van der Waals surface area contributed by atoms with Crippen LogP contribution in [-0.4, -0.2) is 39.6 Å². The maximum atomic E-state index is 12.2. The van der Waals surface area contributed by atoms with Gasteiger partial charge < -0.3 is 10.2 Å². The van der Waals surface area contributed by atoms with Crippen molar-refractivity contribution in [3.8, 4) is 0 Å². The molecule has 6 nitrogen and oxygen atoms in total. The third kappa shape index (κ3) is 4.24. The van der Waals surface area contributed by atoms with Gasteiger partial charge in [0.15, 0.2) is 5.69 Å². The van der Waals surface area contributed by atoms with Crippen LogP contribution in [0.5, 0.6) is 0 Å². The number of hydrogen-bond donors (Lipinski definition) is 1. The van der Waals surface area contributed by atoms with Crippen LogP contribution in [0, 0.1) is 0 Å². The molecule has 2 heterocycles. The molecule has 0 aromatic carbocycles. The minimum atomic E-state index is -0.171. The van der Waals surface area contributed by atoms with Gasteiger partial charge in [-0.2, -0.15) is 0 Å². The Labute approximate surface area is 124 Å². The standard InChI is InChI=1S/C15H19N5O/c1-3-9-17-14-8-7-13(18-19-14)15(21)20(2)11-12-6-4-5-10-16-12/h4-8,10H,3,9,11H2,1-2H3,(H,17,19). The van der Waals surface area contributed by atoms with Gasteiger partial charge in [0.05, 0.1) is 12.2 Å². The highest BCUT2D eigenvalue weighted by molar-refractivity contribution is 5.92. The van der Waals surface area contributed by atoms with Gasteiger partial charge in [0.2, 0.25) is 0 Å². The molecule has 0 atom stereocenters. The third-order valence-electron chi connectivity index (χ3n) is 2.91. The van der Waals surface area contributed by atoms with Gasteiger partial charge in [-0.3, -0.25) is 9.78 Å². The smallest absolute Gasteiger partial charge is 0.274 e. The lowest BCUT2D eigenvalue weighted by atomic mass is 10.3. The van der Waals surface area contributed by atoms with Crippen LogP contribution in [0.25, 0.3) is 0 Å². The number of anilines is 1. The molecule has 2 rings (SSSR count). The van der Waals surface area contributed by atoms with E-state index in [1.807, 2.05) is 18.2 Å². The number of amides is 1. The fourth-order valence-corrected chi connectivity index (χ4v) is 1.80. The molecule has 0 unspecified atom stereocenters. The molecule has 2 aromatic rings. The summed E-state index contributed by atoms with van der Waals surface area (Å²) in [6, 6.07) is 9.08. The number of aromatic nitrogens is 3. The molecule has 0 fully saturated rings. The van der Waals surface area contributed by atoms with Gasteiger partial charge in [-0.1, -0.05) is 13.0 Å².